The first-order chi connectivity index (χ1) is 35.0. The summed E-state index contributed by atoms with van der Waals surface area (Å²) >= 11 is 0. The minimum absolute atomic E-state index is 0.0813. The maximum Gasteiger partial charge on any atom is 0.306 e. The van der Waals surface area contributed by atoms with E-state index < -0.39 is 6.10 Å². The number of ether oxygens (including phenoxy) is 3. The molecular weight excluding hydrogens is 877 g/mol. The van der Waals surface area contributed by atoms with Gasteiger partial charge in [0.15, 0.2) is 6.10 Å². The van der Waals surface area contributed by atoms with Gasteiger partial charge in [-0.3, -0.25) is 14.4 Å². The van der Waals surface area contributed by atoms with Crippen LogP contribution in [-0.2, 0) is 28.6 Å². The van der Waals surface area contributed by atoms with Gasteiger partial charge in [-0.25, -0.2) is 0 Å². The number of unbranched alkanes of at least 4 members (excludes halogenated alkanes) is 26. The smallest absolute Gasteiger partial charge is 0.306 e. The Morgan fingerprint density at radius 3 is 0.901 bits per heavy atom. The molecule has 0 radical (unpaired) electrons. The van der Waals surface area contributed by atoms with Gasteiger partial charge in [-0.15, -0.1) is 0 Å². The molecule has 0 aliphatic heterocycles. The monoisotopic (exact) mass is 987 g/mol. The molecule has 0 rings (SSSR count). The Balaban J connectivity index is 4.02. The summed E-state index contributed by atoms with van der Waals surface area (Å²) in [6.07, 6.45) is 78.8. The van der Waals surface area contributed by atoms with Crippen molar-refractivity contribution in [2.75, 3.05) is 13.2 Å². The summed E-state index contributed by atoms with van der Waals surface area (Å²) < 4.78 is 16.7. The second kappa shape index (κ2) is 58.9. The van der Waals surface area contributed by atoms with Crippen LogP contribution in [0.5, 0.6) is 0 Å². The van der Waals surface area contributed by atoms with Gasteiger partial charge in [0.05, 0.1) is 0 Å². The second-order valence-corrected chi connectivity index (χ2v) is 19.5. The van der Waals surface area contributed by atoms with Crippen molar-refractivity contribution in [3.63, 3.8) is 0 Å². The van der Waals surface area contributed by atoms with Gasteiger partial charge in [-0.2, -0.15) is 0 Å². The van der Waals surface area contributed by atoms with E-state index in [9.17, 15) is 14.4 Å². The van der Waals surface area contributed by atoms with Crippen LogP contribution in [0.3, 0.4) is 0 Å². The number of hydrogen-bond donors (Lipinski definition) is 0. The molecule has 0 aromatic carbocycles. The van der Waals surface area contributed by atoms with Crippen molar-refractivity contribution >= 4 is 17.9 Å². The number of hydrogen-bond acceptors (Lipinski definition) is 6. The average Bonchev–Trinajstić information content (AvgIpc) is 3.37. The fraction of sp³-hybridized carbons (Fsp3) is 0.708. The SMILES string of the molecule is CC/C=C\C/C=C\C/C=C\C/C=C\C/C=C\C/C=C\CCCCCCCCCCCCCCCCC(=O)OCC(COC(=O)CCCCCCCC)OC(=O)CCCCCCC/C=C\C/C=C\CCCC. The molecule has 6 nitrogen and oxygen atoms in total. The van der Waals surface area contributed by atoms with Crippen LogP contribution in [-0.4, -0.2) is 37.2 Å². The van der Waals surface area contributed by atoms with Crippen LogP contribution >= 0.6 is 0 Å². The molecule has 71 heavy (non-hydrogen) atoms. The normalized spacial score (nSPS) is 12.8. The first-order valence-corrected chi connectivity index (χ1v) is 29.7. The number of allylic oxidation sites excluding steroid dienone is 16. The predicted octanol–water partition coefficient (Wildman–Crippen LogP) is 20.1. The Kier molecular flexibility index (Phi) is 55.9. The predicted molar refractivity (Wildman–Crippen MR) is 307 cm³/mol. The van der Waals surface area contributed by atoms with Crippen molar-refractivity contribution in [3.8, 4) is 0 Å². The fourth-order valence-corrected chi connectivity index (χ4v) is 8.11. The summed E-state index contributed by atoms with van der Waals surface area (Å²) in [5.74, 6) is -0.902. The van der Waals surface area contributed by atoms with Crippen LogP contribution in [0.25, 0.3) is 0 Å². The van der Waals surface area contributed by atoms with Crippen molar-refractivity contribution in [1.29, 1.82) is 0 Å². The van der Waals surface area contributed by atoms with Crippen LogP contribution in [0.15, 0.2) is 97.2 Å². The Hall–Kier alpha value is -3.67. The molecule has 0 aromatic heterocycles. The lowest BCUT2D eigenvalue weighted by Gasteiger charge is -2.18. The van der Waals surface area contributed by atoms with Gasteiger partial charge in [-0.05, 0) is 96.3 Å². The van der Waals surface area contributed by atoms with Gasteiger partial charge in [-0.1, -0.05) is 259 Å². The zero-order chi connectivity index (χ0) is 51.4. The zero-order valence-electron chi connectivity index (χ0n) is 46.5. The molecule has 1 atom stereocenters. The van der Waals surface area contributed by atoms with Gasteiger partial charge < -0.3 is 14.2 Å². The molecule has 0 bridgehead atoms. The van der Waals surface area contributed by atoms with E-state index >= 15 is 0 Å². The summed E-state index contributed by atoms with van der Waals surface area (Å²) in [4.78, 5) is 37.8. The lowest BCUT2D eigenvalue weighted by molar-refractivity contribution is -0.167. The zero-order valence-corrected chi connectivity index (χ0v) is 46.5. The molecule has 0 aliphatic carbocycles. The topological polar surface area (TPSA) is 78.9 Å². The molecule has 0 saturated heterocycles. The Bertz CT molecular complexity index is 1410. The van der Waals surface area contributed by atoms with E-state index in [1.165, 1.54) is 116 Å². The van der Waals surface area contributed by atoms with Crippen molar-refractivity contribution in [3.05, 3.63) is 97.2 Å². The van der Waals surface area contributed by atoms with Crippen molar-refractivity contribution < 1.29 is 28.6 Å². The van der Waals surface area contributed by atoms with Crippen LogP contribution < -0.4 is 0 Å². The third-order valence-electron chi connectivity index (χ3n) is 12.6. The van der Waals surface area contributed by atoms with E-state index in [0.717, 1.165) is 122 Å². The first-order valence-electron chi connectivity index (χ1n) is 29.7. The highest BCUT2D eigenvalue weighted by molar-refractivity contribution is 5.71. The molecular formula is C65H110O6. The molecule has 0 saturated carbocycles. The molecule has 0 fully saturated rings. The second-order valence-electron chi connectivity index (χ2n) is 19.5. The highest BCUT2D eigenvalue weighted by atomic mass is 16.6. The van der Waals surface area contributed by atoms with E-state index in [0.29, 0.717) is 19.3 Å². The number of esters is 3. The Morgan fingerprint density at radius 2 is 0.563 bits per heavy atom. The van der Waals surface area contributed by atoms with Crippen molar-refractivity contribution in [1.82, 2.24) is 0 Å². The molecule has 406 valence electrons. The Labute approximate surface area is 438 Å². The summed E-state index contributed by atoms with van der Waals surface area (Å²) in [5.41, 5.74) is 0. The van der Waals surface area contributed by atoms with E-state index in [1.807, 2.05) is 0 Å². The summed E-state index contributed by atoms with van der Waals surface area (Å²) in [6, 6.07) is 0. The van der Waals surface area contributed by atoms with Gasteiger partial charge >= 0.3 is 17.9 Å². The molecule has 0 spiro atoms. The highest BCUT2D eigenvalue weighted by Crippen LogP contribution is 2.16. The molecule has 0 amide bonds. The van der Waals surface area contributed by atoms with Crippen LogP contribution in [0.2, 0.25) is 0 Å². The third kappa shape index (κ3) is 57.1. The maximum absolute atomic E-state index is 12.8. The molecule has 0 N–H and O–H groups in total. The fourth-order valence-electron chi connectivity index (χ4n) is 8.11. The largest absolute Gasteiger partial charge is 0.462 e. The summed E-state index contributed by atoms with van der Waals surface area (Å²) in [5, 5.41) is 0. The number of carbonyl (C=O) groups is 3. The molecule has 6 heteroatoms. The van der Waals surface area contributed by atoms with Gasteiger partial charge in [0, 0.05) is 19.3 Å². The molecule has 1 unspecified atom stereocenters. The molecule has 0 aliphatic rings. The number of carbonyl (C=O) groups excluding carboxylic acids is 3. The standard InChI is InChI=1S/C65H110O6/c1-4-7-10-13-16-18-20-22-24-25-26-27-28-29-30-31-32-33-34-35-36-37-38-39-40-41-42-44-45-47-49-52-55-58-64(67)70-61-62(60-69-63(66)57-54-51-15-12-9-6-3)71-65(68)59-56-53-50-48-46-43-23-21-19-17-14-11-8-5-2/h7,10,14,16-18,21-24,26-27,29-30,32-33,62H,4-6,8-9,11-13,15,19-20,25,28,31,34-61H2,1-3H3/b10-7-,17-14-,18-16-,23-21-,24-22-,27-26-,30-29-,33-32-. The molecule has 0 aromatic rings. The summed E-state index contributed by atoms with van der Waals surface area (Å²) in [6.45, 7) is 6.42. The van der Waals surface area contributed by atoms with Gasteiger partial charge in [0.25, 0.3) is 0 Å². The van der Waals surface area contributed by atoms with Crippen molar-refractivity contribution in [2.24, 2.45) is 0 Å². The lowest BCUT2D eigenvalue weighted by Crippen LogP contribution is -2.30. The minimum Gasteiger partial charge on any atom is -0.462 e. The van der Waals surface area contributed by atoms with E-state index in [2.05, 4.69) is 118 Å². The van der Waals surface area contributed by atoms with Gasteiger partial charge in [0.1, 0.15) is 13.2 Å². The first kappa shape index (κ1) is 67.3. The quantitative estimate of drug-likeness (QED) is 0.0261. The van der Waals surface area contributed by atoms with Gasteiger partial charge in [0.2, 0.25) is 0 Å². The number of rotatable bonds is 53. The van der Waals surface area contributed by atoms with Crippen LogP contribution in [0.4, 0.5) is 0 Å². The third-order valence-corrected chi connectivity index (χ3v) is 12.6. The minimum atomic E-state index is -0.780. The van der Waals surface area contributed by atoms with E-state index in [1.54, 1.807) is 0 Å². The lowest BCUT2D eigenvalue weighted by atomic mass is 10.0. The molecule has 0 heterocycles. The van der Waals surface area contributed by atoms with Crippen LogP contribution in [0.1, 0.15) is 278 Å². The van der Waals surface area contributed by atoms with Crippen molar-refractivity contribution in [2.45, 2.75) is 284 Å². The average molecular weight is 988 g/mol. The van der Waals surface area contributed by atoms with Crippen LogP contribution in [0, 0.1) is 0 Å². The van der Waals surface area contributed by atoms with E-state index in [4.69, 9.17) is 14.2 Å². The maximum atomic E-state index is 12.8. The Morgan fingerprint density at radius 1 is 0.296 bits per heavy atom. The summed E-state index contributed by atoms with van der Waals surface area (Å²) in [7, 11) is 0. The van der Waals surface area contributed by atoms with E-state index in [-0.39, 0.29) is 31.1 Å². The highest BCUT2D eigenvalue weighted by Gasteiger charge is 2.19.